The van der Waals surface area contributed by atoms with Crippen LogP contribution in [0.1, 0.15) is 0 Å². The zero-order chi connectivity index (χ0) is 24.3. The molecule has 0 aliphatic carbocycles. The highest BCUT2D eigenvalue weighted by Gasteiger charge is 2.30. The van der Waals surface area contributed by atoms with Gasteiger partial charge < -0.3 is 9.64 Å². The lowest BCUT2D eigenvalue weighted by atomic mass is 10.1. The maximum Gasteiger partial charge on any atom is 0.244 e. The van der Waals surface area contributed by atoms with Crippen LogP contribution in [-0.4, -0.2) is 48.9 Å². The quantitative estimate of drug-likeness (QED) is 0.362. The van der Waals surface area contributed by atoms with Crippen molar-refractivity contribution in [2.75, 3.05) is 31.1 Å². The fourth-order valence-corrected chi connectivity index (χ4v) is 5.82. The molecule has 5 rings (SSSR count). The Hall–Kier alpha value is -3.46. The summed E-state index contributed by atoms with van der Waals surface area (Å²) in [6.45, 7) is 1.62. The van der Waals surface area contributed by atoms with E-state index in [0.29, 0.717) is 32.1 Å². The third-order valence-electron chi connectivity index (χ3n) is 5.75. The molecule has 0 saturated carbocycles. The molecule has 0 amide bonds. The molecule has 1 fully saturated rings. The van der Waals surface area contributed by atoms with Crippen LogP contribution in [0.25, 0.3) is 11.3 Å². The summed E-state index contributed by atoms with van der Waals surface area (Å²) < 4.78 is 33.3. The Morgan fingerprint density at radius 1 is 0.771 bits per heavy atom. The average Bonchev–Trinajstić information content (AvgIpc) is 2.90. The number of halogens is 1. The van der Waals surface area contributed by atoms with Crippen LogP contribution < -0.4 is 9.64 Å². The highest BCUT2D eigenvalue weighted by molar-refractivity contribution is 7.89. The number of piperazine rings is 1. The van der Waals surface area contributed by atoms with Gasteiger partial charge in [0.15, 0.2) is 0 Å². The fourth-order valence-electron chi connectivity index (χ4n) is 3.90. The number of hydrogen-bond donors (Lipinski definition) is 0. The molecule has 2 heterocycles. The van der Waals surface area contributed by atoms with E-state index in [1.165, 1.54) is 10.4 Å². The predicted molar refractivity (Wildman–Crippen MR) is 136 cm³/mol. The molecule has 1 aliphatic heterocycles. The van der Waals surface area contributed by atoms with E-state index in [1.807, 2.05) is 65.6 Å². The molecular formula is C26H23ClN4O3S. The number of sulfonamides is 1. The van der Waals surface area contributed by atoms with E-state index in [1.54, 1.807) is 24.4 Å². The molecule has 1 aliphatic rings. The van der Waals surface area contributed by atoms with Crippen molar-refractivity contribution in [2.45, 2.75) is 4.90 Å². The standard InChI is InChI=1S/C26H23ClN4O3S/c27-23-8-4-5-9-25(23)35(32,33)31-18-16-30(17-19-31)26-28-15-14-24(29-26)20-10-12-22(13-11-20)34-21-6-2-1-3-7-21/h1-15H,16-19H2. The third kappa shape index (κ3) is 5.14. The second-order valence-corrected chi connectivity index (χ2v) is 10.3. The molecule has 9 heteroatoms. The lowest BCUT2D eigenvalue weighted by Gasteiger charge is -2.34. The van der Waals surface area contributed by atoms with Gasteiger partial charge in [-0.3, -0.25) is 0 Å². The predicted octanol–water partition coefficient (Wildman–Crippen LogP) is 5.10. The molecule has 1 aromatic heterocycles. The molecule has 178 valence electrons. The second-order valence-electron chi connectivity index (χ2n) is 8.00. The first-order valence-electron chi connectivity index (χ1n) is 11.2. The van der Waals surface area contributed by atoms with Crippen LogP contribution in [0.3, 0.4) is 0 Å². The molecular weight excluding hydrogens is 484 g/mol. The Kier molecular flexibility index (Phi) is 6.68. The summed E-state index contributed by atoms with van der Waals surface area (Å²) in [7, 11) is -3.65. The molecule has 4 aromatic rings. The maximum absolute atomic E-state index is 13.0. The van der Waals surface area contributed by atoms with Gasteiger partial charge in [-0.05, 0) is 54.6 Å². The molecule has 1 saturated heterocycles. The van der Waals surface area contributed by atoms with Crippen molar-refractivity contribution < 1.29 is 13.2 Å². The Balaban J connectivity index is 1.26. The van der Waals surface area contributed by atoms with Gasteiger partial charge in [-0.1, -0.05) is 41.9 Å². The van der Waals surface area contributed by atoms with E-state index in [0.717, 1.165) is 22.8 Å². The van der Waals surface area contributed by atoms with Crippen molar-refractivity contribution in [1.29, 1.82) is 0 Å². The number of nitrogens with zero attached hydrogens (tertiary/aromatic N) is 4. The van der Waals surface area contributed by atoms with Gasteiger partial charge in [0, 0.05) is 37.9 Å². The number of para-hydroxylation sites is 1. The number of benzene rings is 3. The van der Waals surface area contributed by atoms with E-state index in [9.17, 15) is 8.42 Å². The van der Waals surface area contributed by atoms with Crippen molar-refractivity contribution in [1.82, 2.24) is 14.3 Å². The summed E-state index contributed by atoms with van der Waals surface area (Å²) >= 11 is 6.13. The summed E-state index contributed by atoms with van der Waals surface area (Å²) in [5.74, 6) is 2.09. The molecule has 7 nitrogen and oxygen atoms in total. The number of aromatic nitrogens is 2. The first-order chi connectivity index (χ1) is 17.0. The smallest absolute Gasteiger partial charge is 0.244 e. The van der Waals surface area contributed by atoms with Gasteiger partial charge in [0.1, 0.15) is 16.4 Å². The topological polar surface area (TPSA) is 75.6 Å². The molecule has 0 spiro atoms. The lowest BCUT2D eigenvalue weighted by Crippen LogP contribution is -2.49. The number of ether oxygens (including phenoxy) is 1. The molecule has 3 aromatic carbocycles. The maximum atomic E-state index is 13.0. The first kappa shape index (κ1) is 23.3. The Bertz CT molecular complexity index is 1410. The Morgan fingerprint density at radius 3 is 2.14 bits per heavy atom. The summed E-state index contributed by atoms with van der Waals surface area (Å²) in [6.07, 6.45) is 1.72. The van der Waals surface area contributed by atoms with Crippen LogP contribution in [0.2, 0.25) is 5.02 Å². The summed E-state index contributed by atoms with van der Waals surface area (Å²) in [6, 6.07) is 25.7. The minimum Gasteiger partial charge on any atom is -0.457 e. The van der Waals surface area contributed by atoms with E-state index < -0.39 is 10.0 Å². The minimum atomic E-state index is -3.65. The normalized spacial score (nSPS) is 14.6. The van der Waals surface area contributed by atoms with Gasteiger partial charge in [0.05, 0.1) is 10.7 Å². The Labute approximate surface area is 209 Å². The van der Waals surface area contributed by atoms with Crippen molar-refractivity contribution in [3.63, 3.8) is 0 Å². The van der Waals surface area contributed by atoms with Crippen LogP contribution in [0, 0.1) is 0 Å². The van der Waals surface area contributed by atoms with Crippen LogP contribution >= 0.6 is 11.6 Å². The molecule has 0 bridgehead atoms. The number of anilines is 1. The average molecular weight is 507 g/mol. The zero-order valence-electron chi connectivity index (χ0n) is 18.8. The van der Waals surface area contributed by atoms with Crippen molar-refractivity contribution in [2.24, 2.45) is 0 Å². The molecule has 0 unspecified atom stereocenters. The van der Waals surface area contributed by atoms with Gasteiger partial charge in [0.2, 0.25) is 16.0 Å². The van der Waals surface area contributed by atoms with Crippen LogP contribution in [-0.2, 0) is 10.0 Å². The van der Waals surface area contributed by atoms with E-state index in [2.05, 4.69) is 4.98 Å². The summed E-state index contributed by atoms with van der Waals surface area (Å²) in [5, 5.41) is 0.228. The molecule has 35 heavy (non-hydrogen) atoms. The SMILES string of the molecule is O=S(=O)(c1ccccc1Cl)N1CCN(c2nccc(-c3ccc(Oc4ccccc4)cc3)n2)CC1. The zero-order valence-corrected chi connectivity index (χ0v) is 20.4. The number of hydrogen-bond acceptors (Lipinski definition) is 6. The van der Waals surface area contributed by atoms with Crippen LogP contribution in [0.5, 0.6) is 11.5 Å². The Morgan fingerprint density at radius 2 is 1.43 bits per heavy atom. The van der Waals surface area contributed by atoms with Gasteiger partial charge >= 0.3 is 0 Å². The third-order valence-corrected chi connectivity index (χ3v) is 8.15. The molecule has 0 atom stereocenters. The molecule has 0 radical (unpaired) electrons. The van der Waals surface area contributed by atoms with Crippen LogP contribution in [0.15, 0.2) is 96.0 Å². The minimum absolute atomic E-state index is 0.132. The fraction of sp³-hybridized carbons (Fsp3) is 0.154. The van der Waals surface area contributed by atoms with E-state index in [-0.39, 0.29) is 9.92 Å². The first-order valence-corrected chi connectivity index (χ1v) is 13.0. The monoisotopic (exact) mass is 506 g/mol. The van der Waals surface area contributed by atoms with Gasteiger partial charge in [0.25, 0.3) is 0 Å². The highest BCUT2D eigenvalue weighted by Crippen LogP contribution is 2.27. The van der Waals surface area contributed by atoms with Gasteiger partial charge in [-0.2, -0.15) is 4.31 Å². The van der Waals surface area contributed by atoms with Gasteiger partial charge in [-0.25, -0.2) is 18.4 Å². The second kappa shape index (κ2) is 10.0. The van der Waals surface area contributed by atoms with Crippen molar-refractivity contribution in [3.8, 4) is 22.8 Å². The largest absolute Gasteiger partial charge is 0.457 e. The van der Waals surface area contributed by atoms with E-state index in [4.69, 9.17) is 21.3 Å². The lowest BCUT2D eigenvalue weighted by molar-refractivity contribution is 0.382. The molecule has 0 N–H and O–H groups in total. The van der Waals surface area contributed by atoms with E-state index >= 15 is 0 Å². The summed E-state index contributed by atoms with van der Waals surface area (Å²) in [4.78, 5) is 11.3. The van der Waals surface area contributed by atoms with Gasteiger partial charge in [-0.15, -0.1) is 0 Å². The van der Waals surface area contributed by atoms with Crippen molar-refractivity contribution >= 4 is 27.6 Å². The number of rotatable bonds is 6. The highest BCUT2D eigenvalue weighted by atomic mass is 35.5. The van der Waals surface area contributed by atoms with Crippen LogP contribution in [0.4, 0.5) is 5.95 Å². The summed E-state index contributed by atoms with van der Waals surface area (Å²) in [5.41, 5.74) is 1.72. The van der Waals surface area contributed by atoms with Crippen molar-refractivity contribution in [3.05, 3.63) is 96.1 Å².